The molecule has 0 saturated carbocycles. The summed E-state index contributed by atoms with van der Waals surface area (Å²) in [6, 6.07) is 8.25. The van der Waals surface area contributed by atoms with E-state index in [1.807, 2.05) is 56.1 Å². The number of hydrogen-bond donors (Lipinski definition) is 2. The number of benzene rings is 1. The minimum absolute atomic E-state index is 0.0669. The molecule has 0 unspecified atom stereocenters. The molecule has 0 bridgehead atoms. The number of rotatable bonds is 9. The molecule has 12 heteroatoms. The molecule has 2 heterocycles. The Bertz CT molecular complexity index is 1070. The molecule has 1 aliphatic rings. The van der Waals surface area contributed by atoms with Gasteiger partial charge in [-0.1, -0.05) is 44.2 Å². The summed E-state index contributed by atoms with van der Waals surface area (Å²) in [5.41, 5.74) is 0.894. The summed E-state index contributed by atoms with van der Waals surface area (Å²) in [5, 5.41) is 5.61. The highest BCUT2D eigenvalue weighted by Crippen LogP contribution is 2.14. The van der Waals surface area contributed by atoms with E-state index in [2.05, 4.69) is 20.6 Å². The van der Waals surface area contributed by atoms with Crippen molar-refractivity contribution in [2.45, 2.75) is 51.5 Å². The van der Waals surface area contributed by atoms with E-state index in [4.69, 9.17) is 9.31 Å². The molecule has 0 spiro atoms. The maximum absolute atomic E-state index is 13.6. The molecule has 1 aromatic carbocycles. The van der Waals surface area contributed by atoms with E-state index in [0.717, 1.165) is 5.56 Å². The quantitative estimate of drug-likeness (QED) is 0.464. The average Bonchev–Trinajstić information content (AvgIpc) is 2.90. The largest absolute Gasteiger partial charge is 0.622 e. The van der Waals surface area contributed by atoms with E-state index in [1.54, 1.807) is 0 Å². The molecule has 1 aliphatic heterocycles. The summed E-state index contributed by atoms with van der Waals surface area (Å²) in [4.78, 5) is 61.2. The predicted octanol–water partition coefficient (Wildman–Crippen LogP) is 1.19. The Morgan fingerprint density at radius 2 is 1.68 bits per heavy atom. The Labute approximate surface area is 222 Å². The zero-order chi connectivity index (χ0) is 27.5. The van der Waals surface area contributed by atoms with Gasteiger partial charge >= 0.3 is 7.12 Å². The van der Waals surface area contributed by atoms with Crippen LogP contribution < -0.4 is 10.6 Å². The van der Waals surface area contributed by atoms with Crippen molar-refractivity contribution in [3.05, 3.63) is 60.2 Å². The Kier molecular flexibility index (Phi) is 10.8. The van der Waals surface area contributed by atoms with Gasteiger partial charge in [-0.15, -0.1) is 0 Å². The first-order chi connectivity index (χ1) is 18.2. The number of hydrogen-bond acceptors (Lipinski definition) is 9. The highest BCUT2D eigenvalue weighted by molar-refractivity contribution is 6.51. The van der Waals surface area contributed by atoms with E-state index in [9.17, 15) is 19.2 Å². The molecular formula is C26H34BN5O6. The van der Waals surface area contributed by atoms with Gasteiger partial charge in [0, 0.05) is 31.9 Å². The lowest BCUT2D eigenvalue weighted by Gasteiger charge is -2.28. The van der Waals surface area contributed by atoms with Crippen molar-refractivity contribution in [1.82, 2.24) is 25.5 Å². The number of nitrogens with zero attached hydrogens (tertiary/aromatic N) is 3. The van der Waals surface area contributed by atoms with Gasteiger partial charge in [0.2, 0.25) is 5.91 Å². The topological polar surface area (TPSA) is 140 Å². The molecule has 0 radical (unpaired) electrons. The third kappa shape index (κ3) is 9.26. The lowest BCUT2D eigenvalue weighted by atomic mass is 9.73. The molecule has 2 amide bonds. The summed E-state index contributed by atoms with van der Waals surface area (Å²) >= 11 is 0. The smallest absolute Gasteiger partial charge is 0.498 e. The highest BCUT2D eigenvalue weighted by Gasteiger charge is 2.41. The van der Waals surface area contributed by atoms with Crippen LogP contribution in [0.25, 0.3) is 0 Å². The summed E-state index contributed by atoms with van der Waals surface area (Å²) < 4.78 is 11.1. The van der Waals surface area contributed by atoms with Crippen LogP contribution in [0.2, 0.25) is 0 Å². The van der Waals surface area contributed by atoms with Crippen LogP contribution >= 0.6 is 0 Å². The molecular weight excluding hydrogens is 489 g/mol. The molecule has 11 nitrogen and oxygen atoms in total. The van der Waals surface area contributed by atoms with E-state index >= 15 is 0 Å². The van der Waals surface area contributed by atoms with Crippen LogP contribution in [0.15, 0.2) is 48.9 Å². The maximum atomic E-state index is 13.6. The molecule has 2 aromatic rings. The first-order valence-corrected chi connectivity index (χ1v) is 12.7. The van der Waals surface area contributed by atoms with E-state index in [0.29, 0.717) is 19.5 Å². The van der Waals surface area contributed by atoms with Gasteiger partial charge in [0.15, 0.2) is 0 Å². The molecule has 2 atom stereocenters. The van der Waals surface area contributed by atoms with Crippen LogP contribution in [0, 0.1) is 5.92 Å². The van der Waals surface area contributed by atoms with Gasteiger partial charge in [-0.3, -0.25) is 24.2 Å². The second kappa shape index (κ2) is 14.2. The lowest BCUT2D eigenvalue weighted by Crippen LogP contribution is -2.57. The van der Waals surface area contributed by atoms with Crippen LogP contribution in [-0.4, -0.2) is 77.9 Å². The van der Waals surface area contributed by atoms with Crippen molar-refractivity contribution in [2.75, 3.05) is 20.1 Å². The standard InChI is InChI=1S/C26H34BN5O6/c1-18(2)15-22(27-37-23(33)9-13-32(3)14-10-24(34)38-27)31-25(35)20(16-19-7-5-4-6-8-19)30-26(36)21-17-28-11-12-29-21/h4-8,11-12,17-18,20,22H,9-10,13-16H2,1-3H3,(H,30,36)(H,31,35)/t20-,22-/m0/s1. The number of nitrogens with one attached hydrogen (secondary N) is 2. The molecule has 1 fully saturated rings. The molecule has 202 valence electrons. The number of carbonyl (C=O) groups is 4. The average molecular weight is 523 g/mol. The Morgan fingerprint density at radius 1 is 1.03 bits per heavy atom. The van der Waals surface area contributed by atoms with Crippen LogP contribution in [-0.2, 0) is 30.1 Å². The predicted molar refractivity (Wildman–Crippen MR) is 139 cm³/mol. The summed E-state index contributed by atoms with van der Waals surface area (Å²) in [7, 11) is 0.515. The molecule has 2 N–H and O–H groups in total. The van der Waals surface area contributed by atoms with Crippen LogP contribution in [0.3, 0.4) is 0 Å². The SMILES string of the molecule is CC(C)C[C@H](NC(=O)[C@H](Cc1ccccc1)NC(=O)c1cnccn1)B1OC(=O)CCN(C)CCC(=O)O1. The number of aromatic nitrogens is 2. The van der Waals surface area contributed by atoms with Crippen LogP contribution in [0.4, 0.5) is 0 Å². The fourth-order valence-corrected chi connectivity index (χ4v) is 3.98. The van der Waals surface area contributed by atoms with Crippen molar-refractivity contribution < 1.29 is 28.5 Å². The van der Waals surface area contributed by atoms with E-state index < -0.39 is 42.9 Å². The third-order valence-electron chi connectivity index (χ3n) is 5.97. The Balaban J connectivity index is 1.82. The molecule has 1 aromatic heterocycles. The molecule has 1 saturated heterocycles. The first-order valence-electron chi connectivity index (χ1n) is 12.7. The maximum Gasteiger partial charge on any atom is 0.622 e. The molecule has 3 rings (SSSR count). The van der Waals surface area contributed by atoms with Crippen molar-refractivity contribution >= 4 is 30.9 Å². The lowest BCUT2D eigenvalue weighted by molar-refractivity contribution is -0.142. The van der Waals surface area contributed by atoms with Crippen LogP contribution in [0.1, 0.15) is 49.2 Å². The van der Waals surface area contributed by atoms with Gasteiger partial charge < -0.3 is 24.8 Å². The normalized spacial score (nSPS) is 16.7. The number of amides is 2. The van der Waals surface area contributed by atoms with E-state index in [1.165, 1.54) is 18.6 Å². The highest BCUT2D eigenvalue weighted by atomic mass is 16.6. The van der Waals surface area contributed by atoms with Crippen molar-refractivity contribution in [3.8, 4) is 0 Å². The summed E-state index contributed by atoms with van der Waals surface area (Å²) in [6.45, 7) is 4.76. The van der Waals surface area contributed by atoms with Gasteiger partial charge in [0.25, 0.3) is 17.8 Å². The van der Waals surface area contributed by atoms with Gasteiger partial charge in [0.1, 0.15) is 11.7 Å². The van der Waals surface area contributed by atoms with Crippen molar-refractivity contribution in [1.29, 1.82) is 0 Å². The molecule has 38 heavy (non-hydrogen) atoms. The van der Waals surface area contributed by atoms with Gasteiger partial charge in [0.05, 0.1) is 25.0 Å². The zero-order valence-electron chi connectivity index (χ0n) is 22.0. The third-order valence-corrected chi connectivity index (χ3v) is 5.97. The Morgan fingerprint density at radius 3 is 2.26 bits per heavy atom. The number of carbonyl (C=O) groups excluding carboxylic acids is 4. The van der Waals surface area contributed by atoms with Crippen molar-refractivity contribution in [2.24, 2.45) is 5.92 Å². The minimum Gasteiger partial charge on any atom is -0.498 e. The second-order valence-electron chi connectivity index (χ2n) is 9.70. The van der Waals surface area contributed by atoms with Gasteiger partial charge in [-0.2, -0.15) is 0 Å². The monoisotopic (exact) mass is 523 g/mol. The van der Waals surface area contributed by atoms with Crippen molar-refractivity contribution in [3.63, 3.8) is 0 Å². The molecule has 0 aliphatic carbocycles. The second-order valence-corrected chi connectivity index (χ2v) is 9.70. The first kappa shape index (κ1) is 28.8. The Hall–Kier alpha value is -3.80. The minimum atomic E-state index is -1.29. The van der Waals surface area contributed by atoms with Gasteiger partial charge in [-0.25, -0.2) is 4.98 Å². The fraction of sp³-hybridized carbons (Fsp3) is 0.462. The van der Waals surface area contributed by atoms with Crippen LogP contribution in [0.5, 0.6) is 0 Å². The summed E-state index contributed by atoms with van der Waals surface area (Å²) in [6.07, 6.45) is 4.96. The van der Waals surface area contributed by atoms with E-state index in [-0.39, 0.29) is 30.9 Å². The van der Waals surface area contributed by atoms with Gasteiger partial charge in [-0.05, 0) is 24.9 Å². The zero-order valence-corrected chi connectivity index (χ0v) is 22.0. The summed E-state index contributed by atoms with van der Waals surface area (Å²) in [5.74, 6) is -2.89. The fourth-order valence-electron chi connectivity index (χ4n) is 3.98.